The Balaban J connectivity index is 2.50. The van der Waals surface area contributed by atoms with Crippen LogP contribution in [0.25, 0.3) is 0 Å². The van der Waals surface area contributed by atoms with Crippen molar-refractivity contribution < 1.29 is 13.9 Å². The molecule has 0 aliphatic carbocycles. The Morgan fingerprint density at radius 1 is 1.06 bits per heavy atom. The van der Waals surface area contributed by atoms with Gasteiger partial charge in [-0.2, -0.15) is 0 Å². The zero-order chi connectivity index (χ0) is 13.3. The predicted octanol–water partition coefficient (Wildman–Crippen LogP) is 4.01. The molecule has 94 valence electrons. The predicted molar refractivity (Wildman–Crippen MR) is 66.6 cm³/mol. The summed E-state index contributed by atoms with van der Waals surface area (Å²) in [6.45, 7) is 1.83. The fraction of sp³-hybridized carbons (Fsp3) is 0.143. The molecule has 1 nitrogen and oxygen atoms in total. The van der Waals surface area contributed by atoms with E-state index in [1.807, 2.05) is 19.1 Å². The molecule has 1 unspecified atom stereocenters. The molecule has 1 N–H and O–H groups in total. The number of aliphatic hydroxyl groups excluding tert-OH is 1. The van der Waals surface area contributed by atoms with E-state index >= 15 is 0 Å². The summed E-state index contributed by atoms with van der Waals surface area (Å²) < 4.78 is 26.2. The van der Waals surface area contributed by atoms with Crippen molar-refractivity contribution in [2.24, 2.45) is 0 Å². The highest BCUT2D eigenvalue weighted by atomic mass is 35.5. The summed E-state index contributed by atoms with van der Waals surface area (Å²) in [5, 5.41) is 10.2. The Labute approximate surface area is 109 Å². The lowest BCUT2D eigenvalue weighted by molar-refractivity contribution is 0.219. The Morgan fingerprint density at radius 3 is 2.33 bits per heavy atom. The number of aryl methyl sites for hydroxylation is 1. The molecule has 0 aliphatic rings. The molecule has 2 rings (SSSR count). The van der Waals surface area contributed by atoms with Crippen LogP contribution in [0.3, 0.4) is 0 Å². The van der Waals surface area contributed by atoms with E-state index in [0.717, 1.165) is 17.7 Å². The van der Waals surface area contributed by atoms with Gasteiger partial charge in [0.1, 0.15) is 6.10 Å². The van der Waals surface area contributed by atoms with Crippen molar-refractivity contribution in [2.75, 3.05) is 0 Å². The van der Waals surface area contributed by atoms with Crippen LogP contribution in [-0.2, 0) is 0 Å². The molecule has 1 atom stereocenters. The first-order chi connectivity index (χ1) is 8.50. The van der Waals surface area contributed by atoms with Gasteiger partial charge in [0.2, 0.25) is 0 Å². The highest BCUT2D eigenvalue weighted by molar-refractivity contribution is 6.31. The molecule has 2 aromatic rings. The van der Waals surface area contributed by atoms with Crippen LogP contribution in [-0.4, -0.2) is 5.11 Å². The molecule has 0 heterocycles. The quantitative estimate of drug-likeness (QED) is 0.816. The van der Waals surface area contributed by atoms with E-state index in [1.165, 1.54) is 0 Å². The lowest BCUT2D eigenvalue weighted by Gasteiger charge is -2.15. The third-order valence-electron chi connectivity index (χ3n) is 2.82. The third-order valence-corrected chi connectivity index (χ3v) is 3.14. The van der Waals surface area contributed by atoms with E-state index < -0.39 is 17.7 Å². The van der Waals surface area contributed by atoms with Gasteiger partial charge in [0.25, 0.3) is 0 Å². The molecule has 0 spiro atoms. The summed E-state index contributed by atoms with van der Waals surface area (Å²) >= 11 is 5.83. The first-order valence-electron chi connectivity index (χ1n) is 5.38. The summed E-state index contributed by atoms with van der Waals surface area (Å²) in [4.78, 5) is 0. The van der Waals surface area contributed by atoms with Gasteiger partial charge in [0, 0.05) is 10.6 Å². The fourth-order valence-electron chi connectivity index (χ4n) is 1.81. The standard InChI is InChI=1S/C14H11ClF2O/c1-8-4-2-3-5-9(8)14(18)10-6-12(16)13(17)7-11(10)15/h2-7,14,18H,1H3. The van der Waals surface area contributed by atoms with Crippen LogP contribution in [0.2, 0.25) is 5.02 Å². The molecule has 0 aliphatic heterocycles. The normalized spacial score (nSPS) is 12.5. The van der Waals surface area contributed by atoms with Gasteiger partial charge < -0.3 is 5.11 Å². The number of hydrogen-bond donors (Lipinski definition) is 1. The molecule has 18 heavy (non-hydrogen) atoms. The molecule has 0 bridgehead atoms. The van der Waals surface area contributed by atoms with Crippen LogP contribution in [0.15, 0.2) is 36.4 Å². The number of rotatable bonds is 2. The van der Waals surface area contributed by atoms with Gasteiger partial charge in [-0.25, -0.2) is 8.78 Å². The van der Waals surface area contributed by atoms with Crippen molar-refractivity contribution in [2.45, 2.75) is 13.0 Å². The summed E-state index contributed by atoms with van der Waals surface area (Å²) in [7, 11) is 0. The maximum absolute atomic E-state index is 13.2. The Kier molecular flexibility index (Phi) is 3.64. The van der Waals surface area contributed by atoms with E-state index in [2.05, 4.69) is 0 Å². The number of aliphatic hydroxyl groups is 1. The lowest BCUT2D eigenvalue weighted by atomic mass is 9.97. The second-order valence-electron chi connectivity index (χ2n) is 4.05. The minimum absolute atomic E-state index is 0.00431. The topological polar surface area (TPSA) is 20.2 Å². The zero-order valence-corrected chi connectivity index (χ0v) is 10.4. The molecule has 0 saturated heterocycles. The summed E-state index contributed by atoms with van der Waals surface area (Å²) in [6.07, 6.45) is -1.08. The van der Waals surface area contributed by atoms with E-state index in [9.17, 15) is 13.9 Å². The average Bonchev–Trinajstić information content (AvgIpc) is 2.33. The first-order valence-corrected chi connectivity index (χ1v) is 5.76. The minimum atomic E-state index is -1.08. The van der Waals surface area contributed by atoms with Gasteiger partial charge in [-0.15, -0.1) is 0 Å². The maximum Gasteiger partial charge on any atom is 0.160 e. The highest BCUT2D eigenvalue weighted by Crippen LogP contribution is 2.31. The maximum atomic E-state index is 13.2. The van der Waals surface area contributed by atoms with Crippen LogP contribution in [0, 0.1) is 18.6 Å². The van der Waals surface area contributed by atoms with Crippen molar-refractivity contribution in [3.63, 3.8) is 0 Å². The fourth-order valence-corrected chi connectivity index (χ4v) is 2.06. The van der Waals surface area contributed by atoms with Crippen molar-refractivity contribution >= 4 is 11.6 Å². The van der Waals surface area contributed by atoms with Crippen molar-refractivity contribution in [1.82, 2.24) is 0 Å². The molecule has 4 heteroatoms. The summed E-state index contributed by atoms with van der Waals surface area (Å²) in [5.41, 5.74) is 1.63. The molecule has 0 saturated carbocycles. The van der Waals surface area contributed by atoms with Crippen LogP contribution < -0.4 is 0 Å². The van der Waals surface area contributed by atoms with Crippen LogP contribution in [0.5, 0.6) is 0 Å². The smallest absolute Gasteiger partial charge is 0.160 e. The summed E-state index contributed by atoms with van der Waals surface area (Å²) in [5.74, 6) is -2.05. The second kappa shape index (κ2) is 5.04. The van der Waals surface area contributed by atoms with Crippen molar-refractivity contribution in [3.8, 4) is 0 Å². The number of halogens is 3. The van der Waals surface area contributed by atoms with Gasteiger partial charge in [-0.05, 0) is 30.2 Å². The van der Waals surface area contributed by atoms with Gasteiger partial charge in [0.15, 0.2) is 11.6 Å². The SMILES string of the molecule is Cc1ccccc1C(O)c1cc(F)c(F)cc1Cl. The van der Waals surface area contributed by atoms with Gasteiger partial charge in [-0.3, -0.25) is 0 Å². The lowest BCUT2D eigenvalue weighted by Crippen LogP contribution is -2.04. The molecule has 0 amide bonds. The van der Waals surface area contributed by atoms with Crippen LogP contribution in [0.4, 0.5) is 8.78 Å². The number of benzene rings is 2. The van der Waals surface area contributed by atoms with Gasteiger partial charge in [-0.1, -0.05) is 35.9 Å². The Bertz CT molecular complexity index is 584. The van der Waals surface area contributed by atoms with E-state index in [1.54, 1.807) is 12.1 Å². The van der Waals surface area contributed by atoms with Crippen molar-refractivity contribution in [3.05, 3.63) is 69.7 Å². The van der Waals surface area contributed by atoms with E-state index in [4.69, 9.17) is 11.6 Å². The van der Waals surface area contributed by atoms with Crippen LogP contribution in [0.1, 0.15) is 22.8 Å². The monoisotopic (exact) mass is 268 g/mol. The van der Waals surface area contributed by atoms with Crippen molar-refractivity contribution in [1.29, 1.82) is 0 Å². The molecule has 0 radical (unpaired) electrons. The average molecular weight is 269 g/mol. The zero-order valence-electron chi connectivity index (χ0n) is 9.62. The highest BCUT2D eigenvalue weighted by Gasteiger charge is 2.18. The molecule has 0 fully saturated rings. The number of hydrogen-bond acceptors (Lipinski definition) is 1. The third kappa shape index (κ3) is 2.37. The van der Waals surface area contributed by atoms with Crippen LogP contribution >= 0.6 is 11.6 Å². The van der Waals surface area contributed by atoms with E-state index in [-0.39, 0.29) is 10.6 Å². The summed E-state index contributed by atoms with van der Waals surface area (Å²) in [6, 6.07) is 8.93. The molecular weight excluding hydrogens is 258 g/mol. The van der Waals surface area contributed by atoms with Gasteiger partial charge in [0.05, 0.1) is 0 Å². The largest absolute Gasteiger partial charge is 0.384 e. The van der Waals surface area contributed by atoms with Gasteiger partial charge >= 0.3 is 0 Å². The first kappa shape index (κ1) is 13.0. The molecular formula is C14H11ClF2O. The molecule has 0 aromatic heterocycles. The molecule has 2 aromatic carbocycles. The second-order valence-corrected chi connectivity index (χ2v) is 4.45. The Morgan fingerprint density at radius 2 is 1.67 bits per heavy atom. The Hall–Kier alpha value is -1.45. The minimum Gasteiger partial charge on any atom is -0.384 e. The van der Waals surface area contributed by atoms with E-state index in [0.29, 0.717) is 5.56 Å².